The summed E-state index contributed by atoms with van der Waals surface area (Å²) in [6, 6.07) is 13.4. The Bertz CT molecular complexity index is 969. The van der Waals surface area contributed by atoms with Crippen molar-refractivity contribution in [3.05, 3.63) is 64.2 Å². The monoisotopic (exact) mass is 454 g/mol. The fourth-order valence-corrected chi connectivity index (χ4v) is 6.45. The molecule has 0 amide bonds. The number of ketones is 1. The molecule has 164 valence electrons. The fourth-order valence-electron chi connectivity index (χ4n) is 4.78. The van der Waals surface area contributed by atoms with E-state index in [9.17, 15) is 9.90 Å². The molecule has 2 aromatic rings. The predicted octanol–water partition coefficient (Wildman–Crippen LogP) is 5.66. The second-order valence-electron chi connectivity index (χ2n) is 8.99. The van der Waals surface area contributed by atoms with Gasteiger partial charge in [0.15, 0.2) is 5.78 Å². The molecule has 1 saturated heterocycles. The van der Waals surface area contributed by atoms with Gasteiger partial charge in [-0.3, -0.25) is 4.79 Å². The number of benzene rings is 2. The third kappa shape index (κ3) is 4.75. The maximum atomic E-state index is 12.7. The Morgan fingerprint density at radius 2 is 2.03 bits per heavy atom. The van der Waals surface area contributed by atoms with Crippen molar-refractivity contribution in [2.45, 2.75) is 73.4 Å². The molecule has 1 aliphatic carbocycles. The van der Waals surface area contributed by atoms with E-state index in [2.05, 4.69) is 30.3 Å². The Morgan fingerprint density at radius 3 is 2.84 bits per heavy atom. The first kappa shape index (κ1) is 21.6. The van der Waals surface area contributed by atoms with E-state index in [0.29, 0.717) is 12.3 Å². The molecule has 3 aliphatic rings. The number of aliphatic hydroxyl groups is 1. The van der Waals surface area contributed by atoms with Gasteiger partial charge >= 0.3 is 0 Å². The first-order chi connectivity index (χ1) is 15.1. The van der Waals surface area contributed by atoms with Crippen molar-refractivity contribution in [3.8, 4) is 0 Å². The van der Waals surface area contributed by atoms with Crippen LogP contribution in [0.15, 0.2) is 41.3 Å². The number of Topliss-reactive ketones (excluding diaryl/α,β-unsaturated/α-hetero) is 1. The van der Waals surface area contributed by atoms with Crippen molar-refractivity contribution in [2.75, 3.05) is 12.0 Å². The van der Waals surface area contributed by atoms with E-state index in [-0.39, 0.29) is 11.2 Å². The summed E-state index contributed by atoms with van der Waals surface area (Å²) in [5, 5.41) is 10.3. The zero-order valence-corrected chi connectivity index (χ0v) is 19.6. The van der Waals surface area contributed by atoms with E-state index in [1.807, 2.05) is 24.1 Å². The Kier molecular flexibility index (Phi) is 6.47. The van der Waals surface area contributed by atoms with Crippen molar-refractivity contribution in [3.63, 3.8) is 0 Å². The molecule has 0 spiro atoms. The van der Waals surface area contributed by atoms with Gasteiger partial charge in [0.1, 0.15) is 17.6 Å². The standard InChI is InChI=1S/C26H30O3S2/c1-30-24-15-22(27)25(28)26(29-24)19-8-9-21(17-6-7-17)20(14-19)13-16-5-10-23-18(12-16)4-2-3-11-31-23/h5,8-10,12,14,17,22,24,26-27H,2-4,6-7,11,13,15H2,1H3/t22-,24+,26-/m0/s1. The van der Waals surface area contributed by atoms with Crippen molar-refractivity contribution < 1.29 is 14.6 Å². The number of thioether (sulfide) groups is 2. The molecule has 1 saturated carbocycles. The van der Waals surface area contributed by atoms with E-state index >= 15 is 0 Å². The van der Waals surface area contributed by atoms with Crippen molar-refractivity contribution in [1.82, 2.24) is 0 Å². The van der Waals surface area contributed by atoms with E-state index < -0.39 is 12.2 Å². The van der Waals surface area contributed by atoms with Crippen LogP contribution in [-0.2, 0) is 22.4 Å². The molecule has 0 aromatic heterocycles. The zero-order chi connectivity index (χ0) is 21.4. The van der Waals surface area contributed by atoms with Crippen LogP contribution in [-0.4, -0.2) is 34.4 Å². The average molecular weight is 455 g/mol. The van der Waals surface area contributed by atoms with Gasteiger partial charge in [0.2, 0.25) is 0 Å². The molecule has 5 rings (SSSR count). The van der Waals surface area contributed by atoms with Crippen LogP contribution < -0.4 is 0 Å². The van der Waals surface area contributed by atoms with Gasteiger partial charge in [0.05, 0.1) is 0 Å². The average Bonchev–Trinajstić information content (AvgIpc) is 3.63. The minimum absolute atomic E-state index is 0.147. The first-order valence-corrected chi connectivity index (χ1v) is 13.7. The maximum absolute atomic E-state index is 12.7. The van der Waals surface area contributed by atoms with Crippen LogP contribution in [0.4, 0.5) is 0 Å². The summed E-state index contributed by atoms with van der Waals surface area (Å²) in [5.41, 5.74) is 6.29. The summed E-state index contributed by atoms with van der Waals surface area (Å²) in [5.74, 6) is 1.66. The van der Waals surface area contributed by atoms with Gasteiger partial charge in [-0.05, 0) is 90.3 Å². The van der Waals surface area contributed by atoms with Gasteiger partial charge in [0.25, 0.3) is 0 Å². The summed E-state index contributed by atoms with van der Waals surface area (Å²) in [6.45, 7) is 0. The van der Waals surface area contributed by atoms with Crippen molar-refractivity contribution in [1.29, 1.82) is 0 Å². The number of ether oxygens (including phenoxy) is 1. The smallest absolute Gasteiger partial charge is 0.194 e. The SMILES string of the molecule is CS[C@@H]1C[C@H](O)C(=O)[C@H](c2ccc(C3CC3)c(Cc3ccc4c(c3)CCCCS4)c2)O1. The summed E-state index contributed by atoms with van der Waals surface area (Å²) in [6.07, 6.45) is 7.84. The number of hydrogen-bond donors (Lipinski definition) is 1. The molecule has 0 bridgehead atoms. The molecule has 1 N–H and O–H groups in total. The van der Waals surface area contributed by atoms with Gasteiger partial charge < -0.3 is 9.84 Å². The lowest BCUT2D eigenvalue weighted by molar-refractivity contribution is -0.150. The summed E-state index contributed by atoms with van der Waals surface area (Å²) < 4.78 is 6.06. The summed E-state index contributed by atoms with van der Waals surface area (Å²) in [4.78, 5) is 14.1. The maximum Gasteiger partial charge on any atom is 0.194 e. The van der Waals surface area contributed by atoms with Crippen LogP contribution in [0.25, 0.3) is 0 Å². The fraction of sp³-hybridized carbons (Fsp3) is 0.500. The van der Waals surface area contributed by atoms with Gasteiger partial charge in [-0.15, -0.1) is 23.5 Å². The molecule has 2 aliphatic heterocycles. The van der Waals surface area contributed by atoms with Crippen molar-refractivity contribution >= 4 is 29.3 Å². The van der Waals surface area contributed by atoms with Crippen LogP contribution in [0.3, 0.4) is 0 Å². The highest BCUT2D eigenvalue weighted by Crippen LogP contribution is 2.43. The number of aryl methyl sites for hydroxylation is 1. The Hall–Kier alpha value is -1.27. The largest absolute Gasteiger partial charge is 0.385 e. The predicted molar refractivity (Wildman–Crippen MR) is 128 cm³/mol. The van der Waals surface area contributed by atoms with Crippen LogP contribution in [0.5, 0.6) is 0 Å². The first-order valence-electron chi connectivity index (χ1n) is 11.4. The molecule has 0 radical (unpaired) electrons. The number of fused-ring (bicyclic) bond motifs is 1. The molecular formula is C26H30O3S2. The van der Waals surface area contributed by atoms with Crippen molar-refractivity contribution in [2.24, 2.45) is 0 Å². The second-order valence-corrected chi connectivity index (χ2v) is 11.1. The van der Waals surface area contributed by atoms with Gasteiger partial charge in [-0.2, -0.15) is 0 Å². The zero-order valence-electron chi connectivity index (χ0n) is 18.0. The van der Waals surface area contributed by atoms with Crippen LogP contribution in [0.2, 0.25) is 0 Å². The topological polar surface area (TPSA) is 46.5 Å². The van der Waals surface area contributed by atoms with Crippen LogP contribution >= 0.6 is 23.5 Å². The molecule has 0 unspecified atom stereocenters. The molecule has 2 aromatic carbocycles. The van der Waals surface area contributed by atoms with Crippen LogP contribution in [0.1, 0.15) is 71.9 Å². The number of carbonyl (C=O) groups is 1. The van der Waals surface area contributed by atoms with E-state index in [0.717, 1.165) is 12.0 Å². The molecular weight excluding hydrogens is 424 g/mol. The van der Waals surface area contributed by atoms with E-state index in [1.54, 1.807) is 11.8 Å². The summed E-state index contributed by atoms with van der Waals surface area (Å²) >= 11 is 3.54. The highest BCUT2D eigenvalue weighted by atomic mass is 32.2. The third-order valence-corrected chi connectivity index (χ3v) is 8.69. The molecule has 2 heterocycles. The number of hydrogen-bond acceptors (Lipinski definition) is 5. The normalized spacial score (nSPS) is 26.4. The minimum Gasteiger partial charge on any atom is -0.385 e. The molecule has 3 nitrogen and oxygen atoms in total. The van der Waals surface area contributed by atoms with E-state index in [1.165, 1.54) is 65.0 Å². The molecule has 5 heteroatoms. The van der Waals surface area contributed by atoms with Crippen LogP contribution in [0, 0.1) is 0 Å². The summed E-state index contributed by atoms with van der Waals surface area (Å²) in [7, 11) is 0. The Labute approximate surface area is 193 Å². The highest BCUT2D eigenvalue weighted by molar-refractivity contribution is 7.99. The lowest BCUT2D eigenvalue weighted by Gasteiger charge is -2.31. The minimum atomic E-state index is -0.940. The lowest BCUT2D eigenvalue weighted by Crippen LogP contribution is -2.38. The third-order valence-electron chi connectivity index (χ3n) is 6.66. The van der Waals surface area contributed by atoms with Gasteiger partial charge in [0, 0.05) is 11.3 Å². The Morgan fingerprint density at radius 1 is 1.16 bits per heavy atom. The van der Waals surface area contributed by atoms with Gasteiger partial charge in [-0.25, -0.2) is 0 Å². The lowest BCUT2D eigenvalue weighted by atomic mass is 9.90. The van der Waals surface area contributed by atoms with Gasteiger partial charge in [-0.1, -0.05) is 30.3 Å². The number of aliphatic hydroxyl groups excluding tert-OH is 1. The Balaban J connectivity index is 1.45. The number of carbonyl (C=O) groups excluding carboxylic acids is 1. The van der Waals surface area contributed by atoms with E-state index in [4.69, 9.17) is 4.74 Å². The molecule has 3 atom stereocenters. The quantitative estimate of drug-likeness (QED) is 0.631. The number of rotatable bonds is 5. The second kappa shape index (κ2) is 9.30. The molecule has 2 fully saturated rings. The molecule has 31 heavy (non-hydrogen) atoms. The highest BCUT2D eigenvalue weighted by Gasteiger charge is 2.37.